The third-order valence-corrected chi connectivity index (χ3v) is 10.5. The lowest BCUT2D eigenvalue weighted by atomic mass is 9.99. The Bertz CT molecular complexity index is 3100. The van der Waals surface area contributed by atoms with Crippen molar-refractivity contribution in [3.05, 3.63) is 163 Å². The van der Waals surface area contributed by atoms with E-state index in [-0.39, 0.29) is 0 Å². The van der Waals surface area contributed by atoms with Crippen molar-refractivity contribution in [1.82, 2.24) is 24.5 Å². The summed E-state index contributed by atoms with van der Waals surface area (Å²) in [4.78, 5) is 18.2. The predicted octanol–water partition coefficient (Wildman–Crippen LogP) is 12.3. The van der Waals surface area contributed by atoms with Gasteiger partial charge >= 0.3 is 0 Å². The highest BCUT2D eigenvalue weighted by atomic mass is 16.4. The molecule has 7 nitrogen and oxygen atoms in total. The first-order valence-corrected chi connectivity index (χ1v) is 18.3. The Morgan fingerprint density at radius 1 is 0.436 bits per heavy atom. The molecule has 0 radical (unpaired) electrons. The molecule has 0 aliphatic rings. The largest absolute Gasteiger partial charge is 0.418 e. The molecule has 7 heteroatoms. The molecule has 0 unspecified atom stereocenters. The number of aromatic nitrogens is 5. The summed E-state index contributed by atoms with van der Waals surface area (Å²) in [6.45, 7) is 4.01. The van der Waals surface area contributed by atoms with E-state index in [1.165, 1.54) is 21.5 Å². The van der Waals surface area contributed by atoms with E-state index >= 15 is 0 Å². The molecular weight excluding hydrogens is 679 g/mol. The molecule has 0 amide bonds. The van der Waals surface area contributed by atoms with Gasteiger partial charge in [0.25, 0.3) is 0 Å². The average molecular weight is 710 g/mol. The minimum absolute atomic E-state index is 0.545. The van der Waals surface area contributed by atoms with Gasteiger partial charge < -0.3 is 13.4 Å². The molecule has 5 heterocycles. The highest BCUT2D eigenvalue weighted by molar-refractivity contribution is 6.12. The Labute approximate surface area is 315 Å². The lowest BCUT2D eigenvalue weighted by molar-refractivity contribution is 0.607. The van der Waals surface area contributed by atoms with Crippen LogP contribution < -0.4 is 0 Å². The lowest BCUT2D eigenvalue weighted by Crippen LogP contribution is -1.94. The monoisotopic (exact) mass is 709 g/mol. The highest BCUT2D eigenvalue weighted by Gasteiger charge is 2.17. The second-order valence-corrected chi connectivity index (χ2v) is 14.2. The van der Waals surface area contributed by atoms with E-state index in [4.69, 9.17) is 18.8 Å². The Hall–Kier alpha value is -7.38. The molecule has 0 aliphatic carbocycles. The van der Waals surface area contributed by atoms with Crippen LogP contribution in [-0.4, -0.2) is 24.5 Å². The number of benzene rings is 6. The molecular formula is C48H31N5O2. The number of nitrogens with zero attached hydrogens (tertiary/aromatic N) is 5. The Balaban J connectivity index is 1.02. The predicted molar refractivity (Wildman–Crippen MR) is 220 cm³/mol. The molecule has 0 atom stereocenters. The van der Waals surface area contributed by atoms with Crippen LogP contribution in [0, 0.1) is 13.8 Å². The van der Waals surface area contributed by atoms with Crippen molar-refractivity contribution in [3.8, 4) is 50.8 Å². The summed E-state index contributed by atoms with van der Waals surface area (Å²) in [6, 6.07) is 49.5. The standard InChI is InChI=1S/C48H31N5O2/c1-28-21-41-47(49-26-28)54-45(51-41)33-11-7-31(8-12-33)36-16-19-43-39(24-36)40-25-37(17-20-44(40)53(43)38-18-15-30-5-3-4-6-35(30)23-38)32-9-13-34(14-10-32)46-52-42-22-29(2)27-50-48(42)55-46/h3-27H,1-2H3. The van der Waals surface area contributed by atoms with Crippen LogP contribution in [0.1, 0.15) is 11.1 Å². The number of hydrogen-bond donors (Lipinski definition) is 0. The first-order chi connectivity index (χ1) is 27.0. The summed E-state index contributed by atoms with van der Waals surface area (Å²) >= 11 is 0. The summed E-state index contributed by atoms with van der Waals surface area (Å²) in [5, 5.41) is 4.78. The molecule has 0 saturated carbocycles. The van der Waals surface area contributed by atoms with Gasteiger partial charge in [-0.2, -0.15) is 0 Å². The van der Waals surface area contributed by atoms with Crippen LogP contribution >= 0.6 is 0 Å². The van der Waals surface area contributed by atoms with Gasteiger partial charge in [0.1, 0.15) is 11.0 Å². The van der Waals surface area contributed by atoms with Crippen LogP contribution in [0.4, 0.5) is 0 Å². The summed E-state index contributed by atoms with van der Waals surface area (Å²) in [6.07, 6.45) is 3.60. The van der Waals surface area contributed by atoms with Crippen molar-refractivity contribution in [2.24, 2.45) is 0 Å². The van der Waals surface area contributed by atoms with Gasteiger partial charge in [0, 0.05) is 40.0 Å². The van der Waals surface area contributed by atoms with Crippen molar-refractivity contribution in [3.63, 3.8) is 0 Å². The molecule has 11 rings (SSSR count). The maximum Gasteiger partial charge on any atom is 0.247 e. The van der Waals surface area contributed by atoms with Crippen molar-refractivity contribution >= 4 is 55.0 Å². The van der Waals surface area contributed by atoms with Gasteiger partial charge in [-0.05, 0) is 131 Å². The van der Waals surface area contributed by atoms with E-state index in [0.717, 1.165) is 72.3 Å². The number of fused-ring (bicyclic) bond motifs is 6. The summed E-state index contributed by atoms with van der Waals surface area (Å²) < 4.78 is 14.4. The zero-order valence-corrected chi connectivity index (χ0v) is 30.0. The third-order valence-electron chi connectivity index (χ3n) is 10.5. The smallest absolute Gasteiger partial charge is 0.247 e. The SMILES string of the molecule is Cc1cnc2oc(-c3ccc(-c4ccc5c(c4)c4cc(-c6ccc(-c7nc8cc(C)cnc8o7)cc6)ccc4n5-c4ccc5ccccc5c4)cc3)nc2c1. The zero-order valence-electron chi connectivity index (χ0n) is 30.0. The molecule has 0 bridgehead atoms. The second-order valence-electron chi connectivity index (χ2n) is 14.2. The average Bonchev–Trinajstić information content (AvgIpc) is 3.94. The van der Waals surface area contributed by atoms with Crippen LogP contribution in [0.5, 0.6) is 0 Å². The van der Waals surface area contributed by atoms with Gasteiger partial charge in [-0.1, -0.05) is 66.7 Å². The fourth-order valence-electron chi connectivity index (χ4n) is 7.68. The van der Waals surface area contributed by atoms with Crippen LogP contribution in [-0.2, 0) is 0 Å². The van der Waals surface area contributed by atoms with Crippen molar-refractivity contribution in [2.75, 3.05) is 0 Å². The Morgan fingerprint density at radius 3 is 1.44 bits per heavy atom. The second kappa shape index (κ2) is 12.1. The van der Waals surface area contributed by atoms with Gasteiger partial charge in [0.2, 0.25) is 23.2 Å². The fourth-order valence-corrected chi connectivity index (χ4v) is 7.68. The molecule has 0 saturated heterocycles. The summed E-state index contributed by atoms with van der Waals surface area (Å²) in [5.41, 5.74) is 14.4. The minimum atomic E-state index is 0.545. The number of oxazole rings is 2. The molecule has 11 aromatic rings. The minimum Gasteiger partial charge on any atom is -0.418 e. The maximum absolute atomic E-state index is 5.99. The zero-order chi connectivity index (χ0) is 36.6. The van der Waals surface area contributed by atoms with Gasteiger partial charge in [-0.25, -0.2) is 19.9 Å². The quantitative estimate of drug-likeness (QED) is 0.177. The van der Waals surface area contributed by atoms with E-state index < -0.39 is 0 Å². The Kier molecular flexibility index (Phi) is 6.85. The lowest BCUT2D eigenvalue weighted by Gasteiger charge is -2.10. The van der Waals surface area contributed by atoms with E-state index in [0.29, 0.717) is 23.2 Å². The fraction of sp³-hybridized carbons (Fsp3) is 0.0417. The van der Waals surface area contributed by atoms with Gasteiger partial charge in [0.05, 0.1) is 11.0 Å². The molecule has 0 fully saturated rings. The normalized spacial score (nSPS) is 11.8. The number of aryl methyl sites for hydroxylation is 2. The van der Waals surface area contributed by atoms with Crippen molar-refractivity contribution in [2.45, 2.75) is 13.8 Å². The van der Waals surface area contributed by atoms with Crippen LogP contribution in [0.15, 0.2) is 161 Å². The van der Waals surface area contributed by atoms with Gasteiger partial charge in [0.15, 0.2) is 0 Å². The van der Waals surface area contributed by atoms with E-state index in [1.54, 1.807) is 12.4 Å². The van der Waals surface area contributed by atoms with Gasteiger partial charge in [-0.3, -0.25) is 0 Å². The molecule has 0 aliphatic heterocycles. The molecule has 6 aromatic carbocycles. The number of rotatable bonds is 5. The summed E-state index contributed by atoms with van der Waals surface area (Å²) in [7, 11) is 0. The number of hydrogen-bond acceptors (Lipinski definition) is 6. The van der Waals surface area contributed by atoms with Crippen molar-refractivity contribution < 1.29 is 8.83 Å². The molecule has 0 spiro atoms. The van der Waals surface area contributed by atoms with E-state index in [9.17, 15) is 0 Å². The maximum atomic E-state index is 5.99. The van der Waals surface area contributed by atoms with E-state index in [2.05, 4.69) is 142 Å². The number of pyridine rings is 2. The first-order valence-electron chi connectivity index (χ1n) is 18.3. The molecule has 5 aromatic heterocycles. The molecule has 260 valence electrons. The van der Waals surface area contributed by atoms with Gasteiger partial charge in [-0.15, -0.1) is 0 Å². The van der Waals surface area contributed by atoms with Crippen molar-refractivity contribution in [1.29, 1.82) is 0 Å². The molecule has 55 heavy (non-hydrogen) atoms. The Morgan fingerprint density at radius 2 is 0.909 bits per heavy atom. The molecule has 0 N–H and O–H groups in total. The summed E-state index contributed by atoms with van der Waals surface area (Å²) in [5.74, 6) is 1.13. The van der Waals surface area contributed by atoms with Crippen LogP contribution in [0.2, 0.25) is 0 Å². The third kappa shape index (κ3) is 5.28. The van der Waals surface area contributed by atoms with Crippen LogP contribution in [0.3, 0.4) is 0 Å². The van der Waals surface area contributed by atoms with Crippen LogP contribution in [0.25, 0.3) is 106 Å². The first kappa shape index (κ1) is 31.2. The van der Waals surface area contributed by atoms with E-state index in [1.807, 2.05) is 26.0 Å². The highest BCUT2D eigenvalue weighted by Crippen LogP contribution is 2.38. The topological polar surface area (TPSA) is 82.8 Å².